The van der Waals surface area contributed by atoms with Crippen LogP contribution >= 0.6 is 11.6 Å². The van der Waals surface area contributed by atoms with Crippen LogP contribution in [0.1, 0.15) is 5.69 Å². The van der Waals surface area contributed by atoms with Crippen LogP contribution < -0.4 is 4.74 Å². The number of aromatic nitrogens is 2. The van der Waals surface area contributed by atoms with Gasteiger partial charge in [0.2, 0.25) is 0 Å². The molecular formula is C17H14ClN3O4. The minimum atomic E-state index is -0.839. The molecule has 0 unspecified atom stereocenters. The lowest BCUT2D eigenvalue weighted by Gasteiger charge is -2.08. The lowest BCUT2D eigenvalue weighted by molar-refractivity contribution is -0.763. The fraction of sp³-hybridized carbons (Fsp3) is 0.118. The summed E-state index contributed by atoms with van der Waals surface area (Å²) in [5.74, 6) is 0.723. The molecule has 7 nitrogen and oxygen atoms in total. The van der Waals surface area contributed by atoms with Crippen LogP contribution in [0.3, 0.4) is 0 Å². The number of nitrogens with zero attached hydrogens (tertiary/aromatic N) is 3. The maximum Gasteiger partial charge on any atom is 0.294 e. The molecule has 2 aromatic carbocycles. The van der Waals surface area contributed by atoms with Crippen LogP contribution in [0.2, 0.25) is 5.02 Å². The summed E-state index contributed by atoms with van der Waals surface area (Å²) >= 11 is 5.95. The van der Waals surface area contributed by atoms with Crippen LogP contribution in [0.25, 0.3) is 16.9 Å². The summed E-state index contributed by atoms with van der Waals surface area (Å²) in [6.45, 7) is -0.225. The molecule has 3 aromatic rings. The van der Waals surface area contributed by atoms with Crippen molar-refractivity contribution in [1.29, 1.82) is 0 Å². The molecule has 0 fully saturated rings. The van der Waals surface area contributed by atoms with Crippen LogP contribution in [0.5, 0.6) is 5.75 Å². The van der Waals surface area contributed by atoms with Crippen LogP contribution in [0, 0.1) is 10.1 Å². The Hall–Kier alpha value is -3.06. The lowest BCUT2D eigenvalue weighted by atomic mass is 10.1. The summed E-state index contributed by atoms with van der Waals surface area (Å²) in [6.07, 6.45) is 0. The van der Waals surface area contributed by atoms with E-state index < -0.39 is 5.09 Å². The number of benzene rings is 2. The van der Waals surface area contributed by atoms with E-state index in [0.717, 1.165) is 22.7 Å². The van der Waals surface area contributed by atoms with Gasteiger partial charge in [0.1, 0.15) is 12.4 Å². The zero-order valence-electron chi connectivity index (χ0n) is 13.3. The molecule has 1 aromatic heterocycles. The van der Waals surface area contributed by atoms with Crippen molar-refractivity contribution in [3.05, 3.63) is 75.4 Å². The molecule has 1 heterocycles. The molecule has 8 heteroatoms. The second kappa shape index (κ2) is 7.23. The third kappa shape index (κ3) is 3.89. The van der Waals surface area contributed by atoms with E-state index in [9.17, 15) is 10.1 Å². The highest BCUT2D eigenvalue weighted by molar-refractivity contribution is 6.30. The van der Waals surface area contributed by atoms with Gasteiger partial charge < -0.3 is 9.57 Å². The minimum absolute atomic E-state index is 0.225. The first-order chi connectivity index (χ1) is 12.1. The zero-order valence-corrected chi connectivity index (χ0v) is 14.0. The predicted molar refractivity (Wildman–Crippen MR) is 92.3 cm³/mol. The van der Waals surface area contributed by atoms with Crippen LogP contribution in [-0.2, 0) is 11.4 Å². The van der Waals surface area contributed by atoms with E-state index in [1.807, 2.05) is 36.4 Å². The first kappa shape index (κ1) is 16.8. The normalized spacial score (nSPS) is 10.5. The van der Waals surface area contributed by atoms with Gasteiger partial charge in [-0.2, -0.15) is 5.10 Å². The molecule has 0 aliphatic heterocycles. The largest absolute Gasteiger partial charge is 0.497 e. The molecule has 0 amide bonds. The summed E-state index contributed by atoms with van der Waals surface area (Å²) in [7, 11) is 1.59. The van der Waals surface area contributed by atoms with Gasteiger partial charge in [0.15, 0.2) is 0 Å². The Bertz CT molecular complexity index is 876. The third-order valence-corrected chi connectivity index (χ3v) is 3.79. The van der Waals surface area contributed by atoms with E-state index in [4.69, 9.17) is 16.3 Å². The van der Waals surface area contributed by atoms with Gasteiger partial charge in [-0.3, -0.25) is 0 Å². The summed E-state index contributed by atoms with van der Waals surface area (Å²) in [4.78, 5) is 14.9. The second-order valence-electron chi connectivity index (χ2n) is 5.13. The van der Waals surface area contributed by atoms with Crippen molar-refractivity contribution in [1.82, 2.24) is 9.78 Å². The molecule has 128 valence electrons. The maximum atomic E-state index is 10.4. The number of methoxy groups -OCH3 is 1. The van der Waals surface area contributed by atoms with Crippen LogP contribution in [-0.4, -0.2) is 22.0 Å². The van der Waals surface area contributed by atoms with Gasteiger partial charge in [0.25, 0.3) is 5.09 Å². The predicted octanol–water partition coefficient (Wildman–Crippen LogP) is 3.91. The van der Waals surface area contributed by atoms with Crippen molar-refractivity contribution in [2.75, 3.05) is 7.11 Å². The Kier molecular flexibility index (Phi) is 4.85. The molecule has 0 N–H and O–H groups in total. The number of ether oxygens (including phenoxy) is 1. The summed E-state index contributed by atoms with van der Waals surface area (Å²) < 4.78 is 6.86. The van der Waals surface area contributed by atoms with Crippen LogP contribution in [0.15, 0.2) is 54.6 Å². The standard InChI is InChI=1S/C17H14ClN3O4/c1-24-16-8-6-15(7-9-16)20-17(12-2-4-13(18)5-3-12)10-14(19-20)11-25-21(22)23/h2-10H,11H2,1H3. The summed E-state index contributed by atoms with van der Waals surface area (Å²) in [6, 6.07) is 16.3. The quantitative estimate of drug-likeness (QED) is 0.492. The number of hydrogen-bond acceptors (Lipinski definition) is 5. The van der Waals surface area contributed by atoms with E-state index in [1.165, 1.54) is 0 Å². The topological polar surface area (TPSA) is 79.4 Å². The van der Waals surface area contributed by atoms with Crippen molar-refractivity contribution in [2.24, 2.45) is 0 Å². The van der Waals surface area contributed by atoms with Crippen LogP contribution in [0.4, 0.5) is 0 Å². The highest BCUT2D eigenvalue weighted by atomic mass is 35.5. The van der Waals surface area contributed by atoms with E-state index in [2.05, 4.69) is 9.94 Å². The molecule has 0 aliphatic rings. The molecule has 0 saturated heterocycles. The van der Waals surface area contributed by atoms with Gasteiger partial charge in [-0.25, -0.2) is 4.68 Å². The van der Waals surface area contributed by atoms with Crippen molar-refractivity contribution in [3.8, 4) is 22.7 Å². The second-order valence-corrected chi connectivity index (χ2v) is 5.57. The third-order valence-electron chi connectivity index (χ3n) is 3.53. The van der Waals surface area contributed by atoms with E-state index >= 15 is 0 Å². The Balaban J connectivity index is 2.03. The van der Waals surface area contributed by atoms with E-state index in [0.29, 0.717) is 10.7 Å². The van der Waals surface area contributed by atoms with Gasteiger partial charge in [-0.05, 0) is 42.5 Å². The van der Waals surface area contributed by atoms with Gasteiger partial charge in [0, 0.05) is 10.6 Å². The van der Waals surface area contributed by atoms with Gasteiger partial charge in [-0.1, -0.05) is 23.7 Å². The van der Waals surface area contributed by atoms with Gasteiger partial charge in [0.05, 0.1) is 24.2 Å². The molecule has 0 saturated carbocycles. The number of halogens is 1. The fourth-order valence-electron chi connectivity index (χ4n) is 2.37. The Labute approximate surface area is 148 Å². The monoisotopic (exact) mass is 359 g/mol. The van der Waals surface area contributed by atoms with E-state index in [1.54, 1.807) is 30.0 Å². The van der Waals surface area contributed by atoms with Gasteiger partial charge in [-0.15, -0.1) is 10.1 Å². The molecule has 0 spiro atoms. The maximum absolute atomic E-state index is 10.4. The molecule has 0 bridgehead atoms. The van der Waals surface area contributed by atoms with Crippen molar-refractivity contribution in [3.63, 3.8) is 0 Å². The molecule has 0 aliphatic carbocycles. The first-order valence-electron chi connectivity index (χ1n) is 7.33. The Morgan fingerprint density at radius 1 is 1.16 bits per heavy atom. The molecular weight excluding hydrogens is 346 g/mol. The first-order valence-corrected chi connectivity index (χ1v) is 7.71. The minimum Gasteiger partial charge on any atom is -0.497 e. The number of rotatable bonds is 6. The average Bonchev–Trinajstić information content (AvgIpc) is 3.05. The van der Waals surface area contributed by atoms with Crippen molar-refractivity contribution >= 4 is 11.6 Å². The average molecular weight is 360 g/mol. The van der Waals surface area contributed by atoms with Gasteiger partial charge >= 0.3 is 0 Å². The summed E-state index contributed by atoms with van der Waals surface area (Å²) in [5, 5.41) is 14.6. The molecule has 0 atom stereocenters. The van der Waals surface area contributed by atoms with E-state index in [-0.39, 0.29) is 6.61 Å². The smallest absolute Gasteiger partial charge is 0.294 e. The lowest BCUT2D eigenvalue weighted by Crippen LogP contribution is -2.03. The van der Waals surface area contributed by atoms with Crippen molar-refractivity contribution < 1.29 is 14.7 Å². The molecule has 0 radical (unpaired) electrons. The Morgan fingerprint density at radius 2 is 1.84 bits per heavy atom. The fourth-order valence-corrected chi connectivity index (χ4v) is 2.49. The molecule has 3 rings (SSSR count). The highest BCUT2D eigenvalue weighted by Gasteiger charge is 2.13. The number of hydrogen-bond donors (Lipinski definition) is 0. The highest BCUT2D eigenvalue weighted by Crippen LogP contribution is 2.26. The molecule has 25 heavy (non-hydrogen) atoms. The van der Waals surface area contributed by atoms with Crippen molar-refractivity contribution in [2.45, 2.75) is 6.61 Å². The Morgan fingerprint density at radius 3 is 2.44 bits per heavy atom. The SMILES string of the molecule is COc1ccc(-n2nc(CO[N+](=O)[O-])cc2-c2ccc(Cl)cc2)cc1. The summed E-state index contributed by atoms with van der Waals surface area (Å²) in [5.41, 5.74) is 2.87. The zero-order chi connectivity index (χ0) is 17.8.